The molecule has 1 saturated heterocycles. The Labute approximate surface area is 195 Å². The van der Waals surface area contributed by atoms with Crippen LogP contribution >= 0.6 is 23.4 Å². The summed E-state index contributed by atoms with van der Waals surface area (Å²) in [6.45, 7) is 0.627. The lowest BCUT2D eigenvalue weighted by atomic mass is 9.78. The van der Waals surface area contributed by atoms with Crippen molar-refractivity contribution in [2.45, 2.75) is 49.2 Å². The molecule has 3 saturated carbocycles. The predicted molar refractivity (Wildman–Crippen MR) is 124 cm³/mol. The highest BCUT2D eigenvalue weighted by Crippen LogP contribution is 2.50. The minimum atomic E-state index is -0.619. The largest absolute Gasteiger partial charge is 0.453 e. The molecule has 0 spiro atoms. The molecule has 3 heterocycles. The maximum atomic E-state index is 14.8. The number of aromatic nitrogens is 2. The van der Waals surface area contributed by atoms with Crippen LogP contribution in [0, 0.1) is 29.5 Å². The first kappa shape index (κ1) is 21.6. The third-order valence-corrected chi connectivity index (χ3v) is 7.90. The molecule has 0 aromatic carbocycles. The number of likely N-dealkylation sites (tertiary alicyclic amines) is 1. The number of thioether (sulfide) groups is 1. The van der Waals surface area contributed by atoms with Crippen LogP contribution in [0.1, 0.15) is 37.7 Å². The number of carbonyl (C=O) groups is 1. The van der Waals surface area contributed by atoms with Crippen molar-refractivity contribution in [3.8, 4) is 11.8 Å². The van der Waals surface area contributed by atoms with Gasteiger partial charge in [-0.05, 0) is 50.2 Å². The maximum Gasteiger partial charge on any atom is 0.410 e. The first-order chi connectivity index (χ1) is 15.5. The van der Waals surface area contributed by atoms with E-state index in [1.807, 2.05) is 6.26 Å². The Kier molecular flexibility index (Phi) is 5.81. The summed E-state index contributed by atoms with van der Waals surface area (Å²) in [5.74, 6) is 7.20. The van der Waals surface area contributed by atoms with Crippen molar-refractivity contribution < 1.29 is 13.9 Å². The van der Waals surface area contributed by atoms with E-state index in [-0.39, 0.29) is 22.8 Å². The number of halogens is 2. The van der Waals surface area contributed by atoms with Crippen LogP contribution in [0.25, 0.3) is 10.9 Å². The number of carbonyl (C=O) groups excluding carboxylic acids is 1. The summed E-state index contributed by atoms with van der Waals surface area (Å²) < 4.78 is 19.7. The zero-order valence-corrected chi connectivity index (χ0v) is 19.5. The van der Waals surface area contributed by atoms with Gasteiger partial charge >= 0.3 is 6.09 Å². The van der Waals surface area contributed by atoms with E-state index in [0.717, 1.165) is 24.1 Å². The van der Waals surface area contributed by atoms with E-state index >= 15 is 0 Å². The molecule has 4 atom stereocenters. The molecule has 6 nitrogen and oxygen atoms in total. The van der Waals surface area contributed by atoms with Crippen molar-refractivity contribution in [2.75, 3.05) is 25.2 Å². The molecule has 2 aromatic heterocycles. The van der Waals surface area contributed by atoms with E-state index in [1.165, 1.54) is 38.1 Å². The highest BCUT2D eigenvalue weighted by molar-refractivity contribution is 7.98. The molecule has 1 unspecified atom stereocenters. The normalized spacial score (nSPS) is 25.9. The van der Waals surface area contributed by atoms with Gasteiger partial charge in [-0.15, -0.1) is 11.8 Å². The van der Waals surface area contributed by atoms with Crippen LogP contribution in [-0.2, 0) is 4.74 Å². The fraction of sp³-hybridized carbons (Fsp3) is 0.522. The number of pyridine rings is 2. The van der Waals surface area contributed by atoms with Gasteiger partial charge in [-0.25, -0.2) is 19.2 Å². The number of hydrogen-bond acceptors (Lipinski definition) is 6. The molecule has 4 fully saturated rings. The van der Waals surface area contributed by atoms with Gasteiger partial charge in [-0.2, -0.15) is 0 Å². The van der Waals surface area contributed by atoms with Crippen LogP contribution in [0.2, 0.25) is 5.15 Å². The smallest absolute Gasteiger partial charge is 0.410 e. The van der Waals surface area contributed by atoms with Crippen molar-refractivity contribution in [1.29, 1.82) is 0 Å². The summed E-state index contributed by atoms with van der Waals surface area (Å²) in [4.78, 5) is 22.3. The van der Waals surface area contributed by atoms with E-state index in [1.54, 1.807) is 11.1 Å². The molecule has 0 radical (unpaired) electrons. The second kappa shape index (κ2) is 8.60. The van der Waals surface area contributed by atoms with Gasteiger partial charge in [0.05, 0.1) is 24.4 Å². The van der Waals surface area contributed by atoms with Crippen LogP contribution in [0.3, 0.4) is 0 Å². The third kappa shape index (κ3) is 3.56. The zero-order valence-electron chi connectivity index (χ0n) is 18.0. The van der Waals surface area contributed by atoms with Crippen LogP contribution in [0.5, 0.6) is 0 Å². The number of fused-ring (bicyclic) bond motifs is 2. The number of ether oxygens (including phenoxy) is 1. The van der Waals surface area contributed by atoms with Crippen molar-refractivity contribution >= 4 is 46.0 Å². The molecule has 9 heteroatoms. The number of amides is 1. The van der Waals surface area contributed by atoms with Gasteiger partial charge in [0, 0.05) is 24.2 Å². The number of hydrogen-bond donors (Lipinski definition) is 1. The lowest BCUT2D eigenvalue weighted by Gasteiger charge is -2.37. The Bertz CT molecular complexity index is 1140. The molecular formula is C23H24ClFN4O2S. The van der Waals surface area contributed by atoms with E-state index < -0.39 is 5.82 Å². The number of rotatable bonds is 3. The molecule has 4 aliphatic rings. The summed E-state index contributed by atoms with van der Waals surface area (Å²) in [6.07, 6.45) is 8.45. The molecule has 2 bridgehead atoms. The Morgan fingerprint density at radius 3 is 2.84 bits per heavy atom. The van der Waals surface area contributed by atoms with Crippen LogP contribution in [0.15, 0.2) is 11.2 Å². The first-order valence-corrected chi connectivity index (χ1v) is 12.5. The molecule has 168 valence electrons. The van der Waals surface area contributed by atoms with E-state index in [2.05, 4.69) is 27.1 Å². The lowest BCUT2D eigenvalue weighted by molar-refractivity contribution is 0.126. The monoisotopic (exact) mass is 474 g/mol. The average molecular weight is 475 g/mol. The summed E-state index contributed by atoms with van der Waals surface area (Å²) in [7, 11) is 1.38. The van der Waals surface area contributed by atoms with E-state index in [4.69, 9.17) is 16.3 Å². The Morgan fingerprint density at radius 2 is 2.16 bits per heavy atom. The molecule has 2 aromatic rings. The molecule has 1 aliphatic heterocycles. The van der Waals surface area contributed by atoms with Gasteiger partial charge in [-0.1, -0.05) is 23.4 Å². The highest BCUT2D eigenvalue weighted by atomic mass is 35.5. The second-order valence-electron chi connectivity index (χ2n) is 8.59. The molecule has 3 aliphatic carbocycles. The molecular weight excluding hydrogens is 451 g/mol. The quantitative estimate of drug-likeness (QED) is 0.386. The number of nitrogens with one attached hydrogen (secondary N) is 1. The van der Waals surface area contributed by atoms with Gasteiger partial charge in [0.2, 0.25) is 0 Å². The van der Waals surface area contributed by atoms with Crippen LogP contribution in [-0.4, -0.2) is 53.0 Å². The molecule has 1 N–H and O–H groups in total. The Hall–Kier alpha value is -2.24. The summed E-state index contributed by atoms with van der Waals surface area (Å²) in [6, 6.07) is 0.133. The van der Waals surface area contributed by atoms with Crippen LogP contribution < -0.4 is 5.32 Å². The van der Waals surface area contributed by atoms with E-state index in [9.17, 15) is 9.18 Å². The molecule has 32 heavy (non-hydrogen) atoms. The van der Waals surface area contributed by atoms with Gasteiger partial charge in [0.25, 0.3) is 0 Å². The third-order valence-electron chi connectivity index (χ3n) is 6.96. The molecule has 1 amide bonds. The van der Waals surface area contributed by atoms with Crippen molar-refractivity contribution in [2.24, 2.45) is 11.8 Å². The SMILES string of the molecule is COC(=O)N1CCC[C@@H]1C#Cc1c(SC)nc2c(F)c(Cl)ncc2c1NC1[C@@H]2CC[C@H]1C2. The number of anilines is 1. The summed E-state index contributed by atoms with van der Waals surface area (Å²) >= 11 is 7.37. The fourth-order valence-corrected chi connectivity index (χ4v) is 5.94. The minimum Gasteiger partial charge on any atom is -0.453 e. The topological polar surface area (TPSA) is 67.3 Å². The van der Waals surface area contributed by atoms with Crippen molar-refractivity contribution in [1.82, 2.24) is 14.9 Å². The number of methoxy groups -OCH3 is 1. The Balaban J connectivity index is 1.62. The number of nitrogens with zero attached hydrogens (tertiary/aromatic N) is 3. The van der Waals surface area contributed by atoms with Gasteiger partial charge in [0.15, 0.2) is 11.0 Å². The first-order valence-electron chi connectivity index (χ1n) is 10.9. The van der Waals surface area contributed by atoms with Crippen molar-refractivity contribution in [3.63, 3.8) is 0 Å². The minimum absolute atomic E-state index is 0.190. The van der Waals surface area contributed by atoms with Crippen molar-refractivity contribution in [3.05, 3.63) is 22.7 Å². The maximum absolute atomic E-state index is 14.8. The zero-order chi connectivity index (χ0) is 22.4. The van der Waals surface area contributed by atoms with Gasteiger partial charge < -0.3 is 10.1 Å². The molecule has 6 rings (SSSR count). The predicted octanol–water partition coefficient (Wildman–Crippen LogP) is 4.94. The van der Waals surface area contributed by atoms with Crippen LogP contribution in [0.4, 0.5) is 14.9 Å². The van der Waals surface area contributed by atoms with Gasteiger partial charge in [0.1, 0.15) is 10.5 Å². The highest BCUT2D eigenvalue weighted by Gasteiger charge is 2.47. The lowest BCUT2D eigenvalue weighted by Crippen LogP contribution is -2.40. The Morgan fingerprint density at radius 1 is 1.38 bits per heavy atom. The second-order valence-corrected chi connectivity index (χ2v) is 9.74. The summed E-state index contributed by atoms with van der Waals surface area (Å²) in [5, 5.41) is 4.70. The average Bonchev–Trinajstić information content (AvgIpc) is 3.55. The summed E-state index contributed by atoms with van der Waals surface area (Å²) in [5.41, 5.74) is 1.68. The standard InChI is InChI=1S/C23H24ClFN4O2S/c1-31-23(30)29-9-3-4-14(29)7-8-15-19(27-18-12-5-6-13(18)10-12)16-11-26-21(24)17(25)20(16)28-22(15)32-2/h11-14,18H,3-6,9-10H2,1-2H3,(H,27,28)/t12-,13+,14-,18?/m1/s1. The fourth-order valence-electron chi connectivity index (χ4n) is 5.26. The van der Waals surface area contributed by atoms with E-state index in [0.29, 0.717) is 34.8 Å². The van der Waals surface area contributed by atoms with Gasteiger partial charge in [-0.3, -0.25) is 4.90 Å².